The number of nitrogens with zero attached hydrogens (tertiary/aromatic N) is 3. The van der Waals surface area contributed by atoms with Crippen LogP contribution in [-0.2, 0) is 0 Å². The Hall–Kier alpha value is -3.02. The average Bonchev–Trinajstić information content (AvgIpc) is 3.24. The van der Waals surface area contributed by atoms with E-state index in [4.69, 9.17) is 4.52 Å². The van der Waals surface area contributed by atoms with Gasteiger partial charge in [-0.3, -0.25) is 4.79 Å². The molecule has 1 fully saturated rings. The van der Waals surface area contributed by atoms with Crippen molar-refractivity contribution in [1.29, 1.82) is 0 Å². The number of hydrogen-bond donors (Lipinski definition) is 0. The van der Waals surface area contributed by atoms with E-state index in [0.29, 0.717) is 30.4 Å². The molecular weight excluding hydrogens is 357 g/mol. The number of amides is 1. The third kappa shape index (κ3) is 3.81. The molecule has 6 heteroatoms. The monoisotopic (exact) mass is 379 g/mol. The highest BCUT2D eigenvalue weighted by Crippen LogP contribution is 2.28. The molecule has 144 valence electrons. The predicted molar refractivity (Wildman–Crippen MR) is 103 cm³/mol. The van der Waals surface area contributed by atoms with E-state index in [1.54, 1.807) is 4.90 Å². The van der Waals surface area contributed by atoms with Crippen molar-refractivity contribution in [2.24, 2.45) is 0 Å². The summed E-state index contributed by atoms with van der Waals surface area (Å²) in [6.07, 6.45) is 1.78. The number of aromatic nitrogens is 2. The molecule has 2 atom stereocenters. The van der Waals surface area contributed by atoms with E-state index in [-0.39, 0.29) is 23.6 Å². The maximum absolute atomic E-state index is 13.1. The highest BCUT2D eigenvalue weighted by molar-refractivity contribution is 5.94. The van der Waals surface area contributed by atoms with Crippen molar-refractivity contribution in [3.63, 3.8) is 0 Å². The van der Waals surface area contributed by atoms with E-state index in [9.17, 15) is 9.18 Å². The van der Waals surface area contributed by atoms with E-state index in [1.165, 1.54) is 24.3 Å². The van der Waals surface area contributed by atoms with Gasteiger partial charge in [0.15, 0.2) is 5.82 Å². The molecule has 0 spiro atoms. The quantitative estimate of drug-likeness (QED) is 0.675. The van der Waals surface area contributed by atoms with Crippen molar-refractivity contribution in [2.75, 3.05) is 13.1 Å². The molecular formula is C22H22FN3O2. The lowest BCUT2D eigenvalue weighted by Gasteiger charge is -2.31. The minimum atomic E-state index is -0.347. The van der Waals surface area contributed by atoms with Gasteiger partial charge in [0.25, 0.3) is 5.91 Å². The number of piperidine rings is 1. The standard InChI is InChI=1S/C22H22FN3O2/c1-15(16-6-3-2-4-7-16)21-24-20(25-28-21)18-8-5-13-26(14-18)22(27)17-9-11-19(23)12-10-17/h2-4,6-7,9-12,15,18H,5,8,13-14H2,1H3/t15?,18-/m1/s1. The van der Waals surface area contributed by atoms with Gasteiger partial charge in [-0.25, -0.2) is 4.39 Å². The fourth-order valence-corrected chi connectivity index (χ4v) is 3.62. The van der Waals surface area contributed by atoms with Crippen LogP contribution in [0.1, 0.15) is 59.2 Å². The van der Waals surface area contributed by atoms with E-state index in [0.717, 1.165) is 18.4 Å². The summed E-state index contributed by atoms with van der Waals surface area (Å²) in [5, 5.41) is 4.19. The van der Waals surface area contributed by atoms with Crippen molar-refractivity contribution in [3.05, 3.63) is 83.3 Å². The van der Waals surface area contributed by atoms with Gasteiger partial charge in [0.1, 0.15) is 5.82 Å². The zero-order valence-corrected chi connectivity index (χ0v) is 15.7. The van der Waals surface area contributed by atoms with E-state index in [1.807, 2.05) is 37.3 Å². The van der Waals surface area contributed by atoms with Crippen LogP contribution in [0.5, 0.6) is 0 Å². The molecule has 1 aromatic heterocycles. The minimum Gasteiger partial charge on any atom is -0.339 e. The maximum atomic E-state index is 13.1. The topological polar surface area (TPSA) is 59.2 Å². The molecule has 1 unspecified atom stereocenters. The van der Waals surface area contributed by atoms with E-state index < -0.39 is 0 Å². The lowest BCUT2D eigenvalue weighted by Crippen LogP contribution is -2.39. The number of benzene rings is 2. The molecule has 2 aromatic carbocycles. The van der Waals surface area contributed by atoms with Gasteiger partial charge < -0.3 is 9.42 Å². The van der Waals surface area contributed by atoms with Crippen molar-refractivity contribution in [3.8, 4) is 0 Å². The van der Waals surface area contributed by atoms with Gasteiger partial charge in [-0.1, -0.05) is 35.5 Å². The molecule has 0 aliphatic carbocycles. The molecule has 0 N–H and O–H groups in total. The van der Waals surface area contributed by atoms with Crippen molar-refractivity contribution in [2.45, 2.75) is 31.6 Å². The third-order valence-electron chi connectivity index (χ3n) is 5.29. The fraction of sp³-hybridized carbons (Fsp3) is 0.318. The SMILES string of the molecule is CC(c1ccccc1)c1nc([C@@H]2CCCN(C(=O)c3ccc(F)cc3)C2)no1. The fourth-order valence-electron chi connectivity index (χ4n) is 3.62. The van der Waals surface area contributed by atoms with Crippen molar-refractivity contribution >= 4 is 5.91 Å². The summed E-state index contributed by atoms with van der Waals surface area (Å²) in [5.41, 5.74) is 1.61. The van der Waals surface area contributed by atoms with Gasteiger partial charge in [-0.2, -0.15) is 4.98 Å². The molecule has 4 rings (SSSR count). The highest BCUT2D eigenvalue weighted by atomic mass is 19.1. The van der Waals surface area contributed by atoms with E-state index >= 15 is 0 Å². The summed E-state index contributed by atoms with van der Waals surface area (Å²) in [7, 11) is 0. The maximum Gasteiger partial charge on any atom is 0.253 e. The summed E-state index contributed by atoms with van der Waals surface area (Å²) in [6.45, 7) is 3.25. The molecule has 1 amide bonds. The van der Waals surface area contributed by atoms with Gasteiger partial charge in [-0.05, 0) is 49.6 Å². The molecule has 5 nitrogen and oxygen atoms in total. The Labute approximate surface area is 163 Å². The highest BCUT2D eigenvalue weighted by Gasteiger charge is 2.29. The first-order chi connectivity index (χ1) is 13.6. The summed E-state index contributed by atoms with van der Waals surface area (Å²) in [6, 6.07) is 15.7. The Morgan fingerprint density at radius 2 is 1.93 bits per heavy atom. The molecule has 0 radical (unpaired) electrons. The van der Waals surface area contributed by atoms with Gasteiger partial charge >= 0.3 is 0 Å². The Kier molecular flexibility index (Phi) is 5.19. The number of likely N-dealkylation sites (tertiary alicyclic amines) is 1. The summed E-state index contributed by atoms with van der Waals surface area (Å²) < 4.78 is 18.6. The molecule has 0 bridgehead atoms. The average molecular weight is 379 g/mol. The van der Waals surface area contributed by atoms with Crippen LogP contribution >= 0.6 is 0 Å². The van der Waals surface area contributed by atoms with Crippen LogP contribution in [0.25, 0.3) is 0 Å². The van der Waals surface area contributed by atoms with Gasteiger partial charge in [0, 0.05) is 24.6 Å². The lowest BCUT2D eigenvalue weighted by atomic mass is 9.96. The molecule has 2 heterocycles. The number of carbonyl (C=O) groups excluding carboxylic acids is 1. The largest absolute Gasteiger partial charge is 0.339 e. The first-order valence-electron chi connectivity index (χ1n) is 9.55. The molecule has 3 aromatic rings. The van der Waals surface area contributed by atoms with Crippen LogP contribution in [0.4, 0.5) is 4.39 Å². The second-order valence-corrected chi connectivity index (χ2v) is 7.22. The van der Waals surface area contributed by atoms with Crippen molar-refractivity contribution in [1.82, 2.24) is 15.0 Å². The molecule has 28 heavy (non-hydrogen) atoms. The predicted octanol–water partition coefficient (Wildman–Crippen LogP) is 4.38. The summed E-state index contributed by atoms with van der Waals surface area (Å²) in [4.78, 5) is 19.1. The number of carbonyl (C=O) groups is 1. The summed E-state index contributed by atoms with van der Waals surface area (Å²) >= 11 is 0. The van der Waals surface area contributed by atoms with Gasteiger partial charge in [-0.15, -0.1) is 0 Å². The molecule has 0 saturated carbocycles. The summed E-state index contributed by atoms with van der Waals surface area (Å²) in [5.74, 6) is 0.852. The Balaban J connectivity index is 1.47. The first kappa shape index (κ1) is 18.3. The van der Waals surface area contributed by atoms with Gasteiger partial charge in [0.2, 0.25) is 5.89 Å². The number of hydrogen-bond acceptors (Lipinski definition) is 4. The molecule has 1 aliphatic heterocycles. The lowest BCUT2D eigenvalue weighted by molar-refractivity contribution is 0.0703. The zero-order chi connectivity index (χ0) is 19.5. The number of halogens is 1. The molecule has 1 aliphatic rings. The Bertz CT molecular complexity index is 940. The van der Waals surface area contributed by atoms with E-state index in [2.05, 4.69) is 10.1 Å². The third-order valence-corrected chi connectivity index (χ3v) is 5.29. The second-order valence-electron chi connectivity index (χ2n) is 7.22. The van der Waals surface area contributed by atoms with Gasteiger partial charge in [0.05, 0.1) is 5.92 Å². The Morgan fingerprint density at radius 3 is 2.68 bits per heavy atom. The Morgan fingerprint density at radius 1 is 1.18 bits per heavy atom. The first-order valence-corrected chi connectivity index (χ1v) is 9.55. The van der Waals surface area contributed by atoms with Crippen LogP contribution < -0.4 is 0 Å². The van der Waals surface area contributed by atoms with Crippen molar-refractivity contribution < 1.29 is 13.7 Å². The van der Waals surface area contributed by atoms with Crippen LogP contribution in [0.3, 0.4) is 0 Å². The van der Waals surface area contributed by atoms with Crippen LogP contribution in [0.15, 0.2) is 59.1 Å². The molecule has 1 saturated heterocycles. The van der Waals surface area contributed by atoms with Crippen LogP contribution in [0.2, 0.25) is 0 Å². The minimum absolute atomic E-state index is 0.0167. The zero-order valence-electron chi connectivity index (χ0n) is 15.7. The second kappa shape index (κ2) is 7.92. The van der Waals surface area contributed by atoms with Crippen LogP contribution in [0, 0.1) is 5.82 Å². The number of rotatable bonds is 4. The smallest absolute Gasteiger partial charge is 0.253 e. The van der Waals surface area contributed by atoms with Crippen LogP contribution in [-0.4, -0.2) is 34.0 Å². The normalized spacial score (nSPS) is 18.1.